The van der Waals surface area contributed by atoms with Gasteiger partial charge < -0.3 is 9.57 Å². The van der Waals surface area contributed by atoms with Crippen molar-refractivity contribution in [3.8, 4) is 0 Å². The van der Waals surface area contributed by atoms with Crippen LogP contribution in [-0.2, 0) is 19.2 Å². The highest BCUT2D eigenvalue weighted by molar-refractivity contribution is 5.70. The molecular weight excluding hydrogens is 294 g/mol. The fourth-order valence-electron chi connectivity index (χ4n) is 2.45. The van der Waals surface area contributed by atoms with Crippen LogP contribution >= 0.6 is 0 Å². The van der Waals surface area contributed by atoms with Gasteiger partial charge in [-0.2, -0.15) is 5.90 Å². The molecule has 0 heterocycles. The maximum absolute atomic E-state index is 11.5. The van der Waals surface area contributed by atoms with Gasteiger partial charge in [0.15, 0.2) is 0 Å². The van der Waals surface area contributed by atoms with Gasteiger partial charge in [0.2, 0.25) is 0 Å². The third-order valence-corrected chi connectivity index (χ3v) is 3.90. The molecule has 2 N–H and O–H groups in total. The highest BCUT2D eigenvalue weighted by atomic mass is 16.7. The summed E-state index contributed by atoms with van der Waals surface area (Å²) >= 11 is 0. The molecule has 0 saturated carbocycles. The molecule has 0 aromatic heterocycles. The van der Waals surface area contributed by atoms with E-state index in [4.69, 9.17) is 10.6 Å². The van der Waals surface area contributed by atoms with Crippen LogP contribution in [-0.4, -0.2) is 18.5 Å². The Hall–Kier alpha value is -1.10. The van der Waals surface area contributed by atoms with Gasteiger partial charge in [-0.15, -0.1) is 0 Å². The Morgan fingerprint density at radius 1 is 0.696 bits per heavy atom. The van der Waals surface area contributed by atoms with Crippen molar-refractivity contribution in [3.63, 3.8) is 0 Å². The van der Waals surface area contributed by atoms with Gasteiger partial charge in [0.1, 0.15) is 0 Å². The number of rotatable bonds is 16. The van der Waals surface area contributed by atoms with Gasteiger partial charge in [0.05, 0.1) is 6.61 Å². The lowest BCUT2D eigenvalue weighted by atomic mass is 10.1. The average molecular weight is 329 g/mol. The quantitative estimate of drug-likeness (QED) is 0.257. The molecule has 0 aromatic carbocycles. The van der Waals surface area contributed by atoms with Crippen molar-refractivity contribution < 1.29 is 19.2 Å². The van der Waals surface area contributed by atoms with Crippen LogP contribution in [0, 0.1) is 0 Å². The van der Waals surface area contributed by atoms with E-state index in [1.165, 1.54) is 51.4 Å². The number of hydrogen-bond donors (Lipinski definition) is 1. The van der Waals surface area contributed by atoms with E-state index in [1.807, 2.05) is 0 Å². The van der Waals surface area contributed by atoms with Gasteiger partial charge in [-0.25, -0.2) is 0 Å². The summed E-state index contributed by atoms with van der Waals surface area (Å²) in [5, 5.41) is 0. The Labute approximate surface area is 141 Å². The van der Waals surface area contributed by atoms with E-state index in [2.05, 4.69) is 11.8 Å². The topological polar surface area (TPSA) is 78.6 Å². The summed E-state index contributed by atoms with van der Waals surface area (Å²) in [7, 11) is 0. The normalized spacial score (nSPS) is 10.5. The average Bonchev–Trinajstić information content (AvgIpc) is 2.56. The zero-order valence-corrected chi connectivity index (χ0v) is 14.8. The molecule has 0 atom stereocenters. The first-order valence-electron chi connectivity index (χ1n) is 9.26. The first-order chi connectivity index (χ1) is 11.2. The molecule has 0 radical (unpaired) electrons. The Kier molecular flexibility index (Phi) is 16.4. The van der Waals surface area contributed by atoms with E-state index in [0.29, 0.717) is 25.9 Å². The van der Waals surface area contributed by atoms with Crippen molar-refractivity contribution in [2.45, 2.75) is 96.8 Å². The molecule has 5 heteroatoms. The Bertz CT molecular complexity index is 295. The fourth-order valence-corrected chi connectivity index (χ4v) is 2.45. The van der Waals surface area contributed by atoms with Gasteiger partial charge in [0.25, 0.3) is 0 Å². The van der Waals surface area contributed by atoms with Crippen LogP contribution in [0.3, 0.4) is 0 Å². The summed E-state index contributed by atoms with van der Waals surface area (Å²) in [5.41, 5.74) is 0. The lowest BCUT2D eigenvalue weighted by molar-refractivity contribution is -0.146. The largest absolute Gasteiger partial charge is 0.466 e. The molecule has 0 aromatic rings. The van der Waals surface area contributed by atoms with Crippen LogP contribution in [0.2, 0.25) is 0 Å². The Morgan fingerprint density at radius 3 is 1.70 bits per heavy atom. The smallest absolute Gasteiger partial charge is 0.324 e. The van der Waals surface area contributed by atoms with Crippen LogP contribution in [0.25, 0.3) is 0 Å². The van der Waals surface area contributed by atoms with E-state index in [0.717, 1.165) is 12.8 Å². The first-order valence-corrected chi connectivity index (χ1v) is 9.26. The van der Waals surface area contributed by atoms with Crippen LogP contribution in [0.4, 0.5) is 0 Å². The number of unbranched alkanes of at least 4 members (excludes halogenated alkanes) is 10. The Morgan fingerprint density at radius 2 is 1.17 bits per heavy atom. The van der Waals surface area contributed by atoms with Crippen LogP contribution < -0.4 is 5.90 Å². The maximum atomic E-state index is 11.5. The molecule has 0 fully saturated rings. The molecule has 0 aliphatic heterocycles. The standard InChI is InChI=1S/C18H35NO4/c1-2-3-4-5-6-7-8-9-10-13-16-22-17(20)14-11-12-15-18(21)23-19/h2-16,19H2,1H3. The molecule has 0 spiro atoms. The summed E-state index contributed by atoms with van der Waals surface area (Å²) in [6.45, 7) is 2.75. The second kappa shape index (κ2) is 17.3. The first kappa shape index (κ1) is 21.9. The lowest BCUT2D eigenvalue weighted by Gasteiger charge is -2.05. The SMILES string of the molecule is CCCCCCCCCCCCOC(=O)CCCCC(=O)ON. The number of hydrogen-bond acceptors (Lipinski definition) is 5. The lowest BCUT2D eigenvalue weighted by Crippen LogP contribution is -2.10. The highest BCUT2D eigenvalue weighted by Gasteiger charge is 2.05. The highest BCUT2D eigenvalue weighted by Crippen LogP contribution is 2.10. The number of ether oxygens (including phenoxy) is 1. The third kappa shape index (κ3) is 17.1. The minimum atomic E-state index is -0.441. The molecule has 5 nitrogen and oxygen atoms in total. The monoisotopic (exact) mass is 329 g/mol. The van der Waals surface area contributed by atoms with Crippen molar-refractivity contribution in [3.05, 3.63) is 0 Å². The van der Waals surface area contributed by atoms with E-state index < -0.39 is 5.97 Å². The van der Waals surface area contributed by atoms with Crippen molar-refractivity contribution in [2.24, 2.45) is 5.90 Å². The minimum absolute atomic E-state index is 0.179. The van der Waals surface area contributed by atoms with E-state index >= 15 is 0 Å². The predicted octanol–water partition coefficient (Wildman–Crippen LogP) is 4.43. The minimum Gasteiger partial charge on any atom is -0.466 e. The molecule has 0 rings (SSSR count). The van der Waals surface area contributed by atoms with Gasteiger partial charge in [-0.3, -0.25) is 9.59 Å². The van der Waals surface area contributed by atoms with Crippen LogP contribution in [0.15, 0.2) is 0 Å². The van der Waals surface area contributed by atoms with Crippen molar-refractivity contribution >= 4 is 11.9 Å². The van der Waals surface area contributed by atoms with E-state index in [1.54, 1.807) is 0 Å². The molecule has 0 aliphatic rings. The summed E-state index contributed by atoms with van der Waals surface area (Å²) in [6.07, 6.45) is 14.5. The number of carbonyl (C=O) groups is 2. The number of esters is 1. The van der Waals surface area contributed by atoms with Gasteiger partial charge >= 0.3 is 11.9 Å². The van der Waals surface area contributed by atoms with Gasteiger partial charge in [-0.05, 0) is 19.3 Å². The van der Waals surface area contributed by atoms with E-state index in [9.17, 15) is 9.59 Å². The second-order valence-electron chi connectivity index (χ2n) is 6.10. The molecule has 0 bridgehead atoms. The summed E-state index contributed by atoms with van der Waals surface area (Å²) in [5.74, 6) is 4.10. The molecule has 0 saturated heterocycles. The molecule has 0 aliphatic carbocycles. The third-order valence-electron chi connectivity index (χ3n) is 3.90. The molecule has 0 unspecified atom stereocenters. The van der Waals surface area contributed by atoms with Crippen molar-refractivity contribution in [2.75, 3.05) is 6.61 Å². The van der Waals surface area contributed by atoms with E-state index in [-0.39, 0.29) is 12.4 Å². The maximum Gasteiger partial charge on any atom is 0.324 e. The Balaban J connectivity index is 3.19. The molecular formula is C18H35NO4. The molecule has 136 valence electrons. The summed E-state index contributed by atoms with van der Waals surface area (Å²) in [4.78, 5) is 26.3. The zero-order valence-electron chi connectivity index (χ0n) is 14.8. The number of nitrogens with two attached hydrogens (primary N) is 1. The van der Waals surface area contributed by atoms with Crippen LogP contribution in [0.5, 0.6) is 0 Å². The van der Waals surface area contributed by atoms with Crippen molar-refractivity contribution in [1.82, 2.24) is 0 Å². The summed E-state index contributed by atoms with van der Waals surface area (Å²) < 4.78 is 5.17. The molecule has 23 heavy (non-hydrogen) atoms. The molecule has 0 amide bonds. The van der Waals surface area contributed by atoms with Gasteiger partial charge in [0, 0.05) is 12.8 Å². The predicted molar refractivity (Wildman–Crippen MR) is 91.6 cm³/mol. The summed E-state index contributed by atoms with van der Waals surface area (Å²) in [6, 6.07) is 0. The van der Waals surface area contributed by atoms with Gasteiger partial charge in [-0.1, -0.05) is 64.7 Å². The second-order valence-corrected chi connectivity index (χ2v) is 6.10. The van der Waals surface area contributed by atoms with Crippen molar-refractivity contribution in [1.29, 1.82) is 0 Å². The zero-order chi connectivity index (χ0) is 17.2. The fraction of sp³-hybridized carbons (Fsp3) is 0.889. The number of carbonyl (C=O) groups excluding carboxylic acids is 2. The van der Waals surface area contributed by atoms with Crippen LogP contribution in [0.1, 0.15) is 96.8 Å².